The summed E-state index contributed by atoms with van der Waals surface area (Å²) in [7, 11) is 0. The molecule has 0 aliphatic heterocycles. The van der Waals surface area contributed by atoms with Crippen molar-refractivity contribution in [3.05, 3.63) is 69.6 Å². The third-order valence-corrected chi connectivity index (χ3v) is 6.13. The van der Waals surface area contributed by atoms with Crippen molar-refractivity contribution < 1.29 is 18.9 Å². The standard InChI is InChI=1S/C26H24Br2O4/c1-3-29-15-31-23-11-5-17-13-19(27)7-9-21(17)25(23)26-22-10-8-20(28)14-18(22)6-12-24(26)32-16-30-4-2/h5-14H,3-4,15-16H2,1-2H3. The van der Waals surface area contributed by atoms with Crippen LogP contribution in [0, 0.1) is 0 Å². The lowest BCUT2D eigenvalue weighted by molar-refractivity contribution is 0.0215. The lowest BCUT2D eigenvalue weighted by Gasteiger charge is -2.20. The van der Waals surface area contributed by atoms with Crippen molar-refractivity contribution in [1.82, 2.24) is 0 Å². The molecule has 0 aliphatic carbocycles. The monoisotopic (exact) mass is 558 g/mol. The number of halogens is 2. The Morgan fingerprint density at radius 2 is 1.03 bits per heavy atom. The van der Waals surface area contributed by atoms with Gasteiger partial charge < -0.3 is 18.9 Å². The van der Waals surface area contributed by atoms with E-state index < -0.39 is 0 Å². The Balaban J connectivity index is 2.01. The first kappa shape index (κ1) is 23.1. The molecule has 0 heterocycles. The van der Waals surface area contributed by atoms with E-state index in [4.69, 9.17) is 18.9 Å². The number of benzene rings is 4. The first-order chi connectivity index (χ1) is 15.6. The van der Waals surface area contributed by atoms with Crippen molar-refractivity contribution >= 4 is 53.4 Å². The van der Waals surface area contributed by atoms with E-state index in [1.807, 2.05) is 38.1 Å². The van der Waals surface area contributed by atoms with Crippen LogP contribution < -0.4 is 9.47 Å². The van der Waals surface area contributed by atoms with Crippen LogP contribution in [0.25, 0.3) is 32.7 Å². The number of hydrogen-bond donors (Lipinski definition) is 0. The highest BCUT2D eigenvalue weighted by Crippen LogP contribution is 2.46. The van der Waals surface area contributed by atoms with E-state index in [-0.39, 0.29) is 13.6 Å². The highest BCUT2D eigenvalue weighted by Gasteiger charge is 2.19. The van der Waals surface area contributed by atoms with E-state index in [0.29, 0.717) is 13.2 Å². The second-order valence-electron chi connectivity index (χ2n) is 7.12. The summed E-state index contributed by atoms with van der Waals surface area (Å²) in [5.41, 5.74) is 1.93. The predicted molar refractivity (Wildman–Crippen MR) is 137 cm³/mol. The number of fused-ring (bicyclic) bond motifs is 2. The second kappa shape index (κ2) is 10.7. The van der Waals surface area contributed by atoms with Gasteiger partial charge in [0.1, 0.15) is 11.5 Å². The molecule has 32 heavy (non-hydrogen) atoms. The number of rotatable bonds is 9. The van der Waals surface area contributed by atoms with Crippen LogP contribution >= 0.6 is 31.9 Å². The summed E-state index contributed by atoms with van der Waals surface area (Å²) in [6, 6.07) is 20.6. The van der Waals surface area contributed by atoms with E-state index in [0.717, 1.165) is 53.1 Å². The molecule has 166 valence electrons. The van der Waals surface area contributed by atoms with E-state index in [9.17, 15) is 0 Å². The molecule has 0 atom stereocenters. The van der Waals surface area contributed by atoms with Crippen LogP contribution in [0.1, 0.15) is 13.8 Å². The molecule has 4 aromatic rings. The van der Waals surface area contributed by atoms with Gasteiger partial charge in [-0.2, -0.15) is 0 Å². The van der Waals surface area contributed by atoms with Crippen LogP contribution in [0.5, 0.6) is 11.5 Å². The molecule has 0 unspecified atom stereocenters. The van der Waals surface area contributed by atoms with E-state index in [1.54, 1.807) is 0 Å². The first-order valence-corrected chi connectivity index (χ1v) is 12.1. The van der Waals surface area contributed by atoms with Crippen LogP contribution in [0.15, 0.2) is 69.6 Å². The molecule has 6 heteroatoms. The van der Waals surface area contributed by atoms with Gasteiger partial charge in [0.25, 0.3) is 0 Å². The van der Waals surface area contributed by atoms with Crippen molar-refractivity contribution in [2.75, 3.05) is 26.8 Å². The maximum Gasteiger partial charge on any atom is 0.189 e. The molecule has 0 aliphatic rings. The normalized spacial score (nSPS) is 11.2. The molecular weight excluding hydrogens is 536 g/mol. The van der Waals surface area contributed by atoms with Crippen LogP contribution in [-0.4, -0.2) is 26.8 Å². The predicted octanol–water partition coefficient (Wildman–Crippen LogP) is 7.93. The Morgan fingerprint density at radius 1 is 0.594 bits per heavy atom. The van der Waals surface area contributed by atoms with Gasteiger partial charge in [-0.1, -0.05) is 56.1 Å². The van der Waals surface area contributed by atoms with Crippen LogP contribution in [0.3, 0.4) is 0 Å². The van der Waals surface area contributed by atoms with Gasteiger partial charge in [0.15, 0.2) is 13.6 Å². The Kier molecular flexibility index (Phi) is 7.68. The SMILES string of the molecule is CCOCOc1ccc2cc(Br)ccc2c1-c1c(OCOCC)ccc2cc(Br)ccc12. The van der Waals surface area contributed by atoms with Gasteiger partial charge in [-0.15, -0.1) is 0 Å². The quantitative estimate of drug-likeness (QED) is 0.154. The molecule has 0 N–H and O–H groups in total. The minimum atomic E-state index is 0.178. The molecular formula is C26H24Br2O4. The zero-order chi connectivity index (χ0) is 22.5. The zero-order valence-electron chi connectivity index (χ0n) is 18.0. The molecule has 0 spiro atoms. The van der Waals surface area contributed by atoms with Crippen molar-refractivity contribution in [2.45, 2.75) is 13.8 Å². The van der Waals surface area contributed by atoms with Crippen LogP contribution in [0.2, 0.25) is 0 Å². The summed E-state index contributed by atoms with van der Waals surface area (Å²) in [6.45, 7) is 5.42. The Morgan fingerprint density at radius 3 is 1.44 bits per heavy atom. The molecule has 0 fully saturated rings. The zero-order valence-corrected chi connectivity index (χ0v) is 21.2. The lowest BCUT2D eigenvalue weighted by atomic mass is 9.92. The number of hydrogen-bond acceptors (Lipinski definition) is 4. The average Bonchev–Trinajstić information content (AvgIpc) is 2.79. The second-order valence-corrected chi connectivity index (χ2v) is 8.95. The topological polar surface area (TPSA) is 36.9 Å². The molecule has 0 aromatic heterocycles. The Hall–Kier alpha value is -2.12. The first-order valence-electron chi connectivity index (χ1n) is 10.5. The maximum absolute atomic E-state index is 6.09. The molecule has 4 nitrogen and oxygen atoms in total. The van der Waals surface area contributed by atoms with Gasteiger partial charge in [-0.25, -0.2) is 0 Å². The third kappa shape index (κ3) is 4.94. The fraction of sp³-hybridized carbons (Fsp3) is 0.231. The maximum atomic E-state index is 6.09. The van der Waals surface area contributed by atoms with E-state index in [1.165, 1.54) is 0 Å². The van der Waals surface area contributed by atoms with Crippen molar-refractivity contribution in [2.24, 2.45) is 0 Å². The Labute approximate surface area is 204 Å². The highest BCUT2D eigenvalue weighted by molar-refractivity contribution is 9.10. The summed E-state index contributed by atoms with van der Waals surface area (Å²) in [5, 5.41) is 4.34. The average molecular weight is 560 g/mol. The fourth-order valence-electron chi connectivity index (χ4n) is 3.69. The fourth-order valence-corrected chi connectivity index (χ4v) is 4.45. The summed E-state index contributed by atoms with van der Waals surface area (Å²) in [4.78, 5) is 0. The minimum Gasteiger partial charge on any atom is -0.467 e. The van der Waals surface area contributed by atoms with Crippen molar-refractivity contribution in [3.63, 3.8) is 0 Å². The van der Waals surface area contributed by atoms with Crippen LogP contribution in [0.4, 0.5) is 0 Å². The molecule has 4 rings (SSSR count). The summed E-state index contributed by atoms with van der Waals surface area (Å²) < 4.78 is 25.2. The van der Waals surface area contributed by atoms with Crippen molar-refractivity contribution in [1.29, 1.82) is 0 Å². The van der Waals surface area contributed by atoms with Crippen molar-refractivity contribution in [3.8, 4) is 22.6 Å². The number of ether oxygens (including phenoxy) is 4. The highest BCUT2D eigenvalue weighted by atomic mass is 79.9. The smallest absolute Gasteiger partial charge is 0.189 e. The summed E-state index contributed by atoms with van der Waals surface area (Å²) in [5.74, 6) is 1.48. The van der Waals surface area contributed by atoms with Gasteiger partial charge in [0.05, 0.1) is 0 Å². The minimum absolute atomic E-state index is 0.178. The van der Waals surface area contributed by atoms with E-state index >= 15 is 0 Å². The lowest BCUT2D eigenvalue weighted by Crippen LogP contribution is -2.06. The summed E-state index contributed by atoms with van der Waals surface area (Å²) >= 11 is 7.18. The van der Waals surface area contributed by atoms with Crippen LogP contribution in [-0.2, 0) is 9.47 Å². The van der Waals surface area contributed by atoms with Gasteiger partial charge >= 0.3 is 0 Å². The van der Waals surface area contributed by atoms with E-state index in [2.05, 4.69) is 68.3 Å². The molecule has 4 aromatic carbocycles. The molecule has 0 radical (unpaired) electrons. The van der Waals surface area contributed by atoms with Gasteiger partial charge in [-0.05, 0) is 71.8 Å². The van der Waals surface area contributed by atoms with Gasteiger partial charge in [0.2, 0.25) is 0 Å². The molecule has 0 saturated heterocycles. The van der Waals surface area contributed by atoms with Gasteiger partial charge in [-0.3, -0.25) is 0 Å². The summed E-state index contributed by atoms with van der Waals surface area (Å²) in [6.07, 6.45) is 0. The Bertz CT molecular complexity index is 1140. The largest absolute Gasteiger partial charge is 0.467 e. The molecule has 0 amide bonds. The third-order valence-electron chi connectivity index (χ3n) is 5.14. The molecule has 0 bridgehead atoms. The van der Waals surface area contributed by atoms with Gasteiger partial charge in [0, 0.05) is 33.3 Å². The molecule has 0 saturated carbocycles.